The van der Waals surface area contributed by atoms with Crippen LogP contribution in [0.15, 0.2) is 79.4 Å². The monoisotopic (exact) mass is 440 g/mol. The van der Waals surface area contributed by atoms with Gasteiger partial charge in [0.2, 0.25) is 0 Å². The molecular weight excluding hydrogens is 416 g/mol. The second-order valence-corrected chi connectivity index (χ2v) is 8.35. The highest BCUT2D eigenvalue weighted by molar-refractivity contribution is 7.80. The fourth-order valence-corrected chi connectivity index (χ4v) is 4.83. The number of hydrogen-bond donors (Lipinski definition) is 1. The minimum atomic E-state index is -0.0574. The number of nitrogens with zero attached hydrogens (tertiary/aromatic N) is 5. The zero-order chi connectivity index (χ0) is 22.1. The van der Waals surface area contributed by atoms with Gasteiger partial charge in [0.25, 0.3) is 0 Å². The average Bonchev–Trinajstić information content (AvgIpc) is 3.30. The number of rotatable bonds is 5. The van der Waals surface area contributed by atoms with Crippen molar-refractivity contribution in [3.63, 3.8) is 0 Å². The molecule has 1 fully saturated rings. The van der Waals surface area contributed by atoms with Crippen molar-refractivity contribution in [3.8, 4) is 5.82 Å². The molecule has 5 heterocycles. The Labute approximate surface area is 193 Å². The van der Waals surface area contributed by atoms with Gasteiger partial charge in [0.1, 0.15) is 5.82 Å². The molecule has 1 aliphatic heterocycles. The highest BCUT2D eigenvalue weighted by atomic mass is 32.1. The third-order valence-corrected chi connectivity index (χ3v) is 6.29. The number of nitrogens with one attached hydrogen (secondary N) is 1. The van der Waals surface area contributed by atoms with Gasteiger partial charge in [-0.25, -0.2) is 4.98 Å². The van der Waals surface area contributed by atoms with Crippen LogP contribution in [-0.4, -0.2) is 29.5 Å². The van der Waals surface area contributed by atoms with Crippen LogP contribution in [0.5, 0.6) is 0 Å². The van der Waals surface area contributed by atoms with Gasteiger partial charge in [-0.3, -0.25) is 9.97 Å². The van der Waals surface area contributed by atoms with Crippen molar-refractivity contribution < 1.29 is 0 Å². The van der Waals surface area contributed by atoms with Crippen molar-refractivity contribution in [1.29, 1.82) is 0 Å². The van der Waals surface area contributed by atoms with Crippen LogP contribution in [0, 0.1) is 13.8 Å². The van der Waals surface area contributed by atoms with E-state index in [9.17, 15) is 0 Å². The maximum atomic E-state index is 5.82. The van der Waals surface area contributed by atoms with Gasteiger partial charge in [0.15, 0.2) is 5.11 Å². The summed E-state index contributed by atoms with van der Waals surface area (Å²) < 4.78 is 2.20. The van der Waals surface area contributed by atoms with E-state index in [1.54, 1.807) is 6.20 Å². The molecule has 1 saturated heterocycles. The zero-order valence-corrected chi connectivity index (χ0v) is 18.8. The number of pyridine rings is 3. The molecule has 160 valence electrons. The molecule has 0 aliphatic carbocycles. The topological polar surface area (TPSA) is 58.9 Å². The second-order valence-electron chi connectivity index (χ2n) is 7.97. The molecule has 4 aromatic rings. The number of aromatic nitrogens is 4. The van der Waals surface area contributed by atoms with E-state index >= 15 is 0 Å². The Bertz CT molecular complexity index is 1220. The number of hydrogen-bond acceptors (Lipinski definition) is 4. The van der Waals surface area contributed by atoms with Gasteiger partial charge in [-0.2, -0.15) is 0 Å². The van der Waals surface area contributed by atoms with Crippen LogP contribution in [0.4, 0.5) is 0 Å². The molecule has 0 spiro atoms. The van der Waals surface area contributed by atoms with E-state index in [1.807, 2.05) is 55.0 Å². The van der Waals surface area contributed by atoms with Gasteiger partial charge in [-0.05, 0) is 73.6 Å². The van der Waals surface area contributed by atoms with E-state index in [4.69, 9.17) is 12.2 Å². The predicted octanol–water partition coefficient (Wildman–Crippen LogP) is 4.45. The highest BCUT2D eigenvalue weighted by Gasteiger charge is 2.41. The molecule has 0 bridgehead atoms. The van der Waals surface area contributed by atoms with Crippen molar-refractivity contribution in [3.05, 3.63) is 108 Å². The SMILES string of the molecule is Cc1cc([C@@H]2[C@H](c3ccccn3)NC(=S)N2Cc2cccnc2)c(C)n1-c1ccccn1. The van der Waals surface area contributed by atoms with Gasteiger partial charge >= 0.3 is 0 Å². The van der Waals surface area contributed by atoms with Crippen LogP contribution in [0.25, 0.3) is 5.82 Å². The minimum absolute atomic E-state index is 0.0127. The Hall–Kier alpha value is -3.58. The highest BCUT2D eigenvalue weighted by Crippen LogP contribution is 2.41. The molecule has 0 saturated carbocycles. The van der Waals surface area contributed by atoms with E-state index in [1.165, 1.54) is 5.56 Å². The third kappa shape index (κ3) is 3.65. The van der Waals surface area contributed by atoms with Crippen molar-refractivity contribution in [2.24, 2.45) is 0 Å². The molecule has 0 amide bonds. The van der Waals surface area contributed by atoms with Crippen molar-refractivity contribution in [1.82, 2.24) is 29.7 Å². The minimum Gasteiger partial charge on any atom is -0.352 e. The molecule has 5 rings (SSSR count). The Kier molecular flexibility index (Phi) is 5.41. The molecule has 6 nitrogen and oxygen atoms in total. The van der Waals surface area contributed by atoms with Crippen molar-refractivity contribution in [2.75, 3.05) is 0 Å². The molecular formula is C25H24N6S. The van der Waals surface area contributed by atoms with Gasteiger partial charge in [0.05, 0.1) is 17.8 Å². The molecule has 0 aromatic carbocycles. The smallest absolute Gasteiger partial charge is 0.170 e. The van der Waals surface area contributed by atoms with Gasteiger partial charge in [0, 0.05) is 42.7 Å². The summed E-state index contributed by atoms with van der Waals surface area (Å²) in [5, 5.41) is 4.25. The predicted molar refractivity (Wildman–Crippen MR) is 128 cm³/mol. The lowest BCUT2D eigenvalue weighted by molar-refractivity contribution is 0.310. The Morgan fingerprint density at radius 3 is 2.47 bits per heavy atom. The lowest BCUT2D eigenvalue weighted by atomic mass is 9.96. The van der Waals surface area contributed by atoms with E-state index < -0.39 is 0 Å². The van der Waals surface area contributed by atoms with E-state index in [0.29, 0.717) is 6.54 Å². The van der Waals surface area contributed by atoms with E-state index in [0.717, 1.165) is 33.6 Å². The van der Waals surface area contributed by atoms with Gasteiger partial charge in [-0.1, -0.05) is 18.2 Å². The maximum absolute atomic E-state index is 5.82. The fourth-order valence-electron chi connectivity index (χ4n) is 4.53. The van der Waals surface area contributed by atoms with E-state index in [2.05, 4.69) is 61.8 Å². The summed E-state index contributed by atoms with van der Waals surface area (Å²) in [6.45, 7) is 4.93. The number of thiocarbonyl (C=S) groups is 1. The summed E-state index contributed by atoms with van der Waals surface area (Å²) in [5.74, 6) is 0.912. The van der Waals surface area contributed by atoms with Gasteiger partial charge < -0.3 is 14.8 Å². The molecule has 0 unspecified atom stereocenters. The summed E-state index contributed by atoms with van der Waals surface area (Å²) in [5.41, 5.74) is 5.57. The molecule has 1 aliphatic rings. The number of aryl methyl sites for hydroxylation is 1. The van der Waals surface area contributed by atoms with Crippen molar-refractivity contribution in [2.45, 2.75) is 32.5 Å². The first-order chi connectivity index (χ1) is 15.6. The lowest BCUT2D eigenvalue weighted by Crippen LogP contribution is -2.29. The van der Waals surface area contributed by atoms with Crippen molar-refractivity contribution >= 4 is 17.3 Å². The quantitative estimate of drug-likeness (QED) is 0.463. The Morgan fingerprint density at radius 2 is 1.78 bits per heavy atom. The Balaban J connectivity index is 1.62. The lowest BCUT2D eigenvalue weighted by Gasteiger charge is -2.28. The normalized spacial score (nSPS) is 18.1. The Morgan fingerprint density at radius 1 is 0.969 bits per heavy atom. The van der Waals surface area contributed by atoms with Crippen LogP contribution >= 0.6 is 12.2 Å². The second kappa shape index (κ2) is 8.51. The summed E-state index contributed by atoms with van der Waals surface area (Å²) in [7, 11) is 0. The van der Waals surface area contributed by atoms with Crippen LogP contribution in [0.2, 0.25) is 0 Å². The van der Waals surface area contributed by atoms with Crippen LogP contribution < -0.4 is 5.32 Å². The molecule has 1 N–H and O–H groups in total. The molecule has 7 heteroatoms. The third-order valence-electron chi connectivity index (χ3n) is 5.94. The first-order valence-corrected chi connectivity index (χ1v) is 11.0. The summed E-state index contributed by atoms with van der Waals surface area (Å²) in [6, 6.07) is 18.2. The van der Waals surface area contributed by atoms with Crippen LogP contribution in [0.1, 0.15) is 40.3 Å². The molecule has 0 radical (unpaired) electrons. The zero-order valence-electron chi connectivity index (χ0n) is 18.0. The van der Waals surface area contributed by atoms with E-state index in [-0.39, 0.29) is 12.1 Å². The average molecular weight is 441 g/mol. The van der Waals surface area contributed by atoms with Gasteiger partial charge in [-0.15, -0.1) is 0 Å². The summed E-state index contributed by atoms with van der Waals surface area (Å²) >= 11 is 5.82. The molecule has 2 atom stereocenters. The summed E-state index contributed by atoms with van der Waals surface area (Å²) in [4.78, 5) is 15.8. The standard InChI is InChI=1S/C25H24N6S/c1-17-14-20(18(2)31(17)22-10-4-6-13-28-22)24-23(21-9-3-5-12-27-21)29-25(32)30(24)16-19-8-7-11-26-15-19/h3-15,23-24H,16H2,1-2H3,(H,29,32)/t23-,24+/m0/s1. The van der Waals surface area contributed by atoms with Crippen LogP contribution in [-0.2, 0) is 6.54 Å². The fraction of sp³-hybridized carbons (Fsp3) is 0.200. The first kappa shape index (κ1) is 20.3. The van der Waals surface area contributed by atoms with Crippen LogP contribution in [0.3, 0.4) is 0 Å². The largest absolute Gasteiger partial charge is 0.352 e. The molecule has 4 aromatic heterocycles. The first-order valence-electron chi connectivity index (χ1n) is 10.6. The maximum Gasteiger partial charge on any atom is 0.170 e. The molecule has 32 heavy (non-hydrogen) atoms. The summed E-state index contributed by atoms with van der Waals surface area (Å²) in [6.07, 6.45) is 7.34.